The number of hydrogen-bond acceptors (Lipinski definition) is 6. The van der Waals surface area contributed by atoms with Crippen LogP contribution >= 0.6 is 11.6 Å². The lowest BCUT2D eigenvalue weighted by molar-refractivity contribution is 0.148. The van der Waals surface area contributed by atoms with Crippen LogP contribution in [0.3, 0.4) is 0 Å². The fourth-order valence-electron chi connectivity index (χ4n) is 2.61. The molecule has 1 aromatic heterocycles. The van der Waals surface area contributed by atoms with Crippen molar-refractivity contribution in [2.24, 2.45) is 5.73 Å². The number of hydrogen-bond donors (Lipinski definition) is 2. The summed E-state index contributed by atoms with van der Waals surface area (Å²) in [6, 6.07) is 8.14. The van der Waals surface area contributed by atoms with Crippen LogP contribution in [0, 0.1) is 0 Å². The molecule has 1 saturated heterocycles. The average Bonchev–Trinajstić information content (AvgIpc) is 2.96. The summed E-state index contributed by atoms with van der Waals surface area (Å²) in [7, 11) is 0. The molecule has 1 aliphatic rings. The van der Waals surface area contributed by atoms with Crippen LogP contribution < -0.4 is 11.1 Å². The van der Waals surface area contributed by atoms with Gasteiger partial charge in [0.15, 0.2) is 5.82 Å². The molecule has 1 unspecified atom stereocenters. The van der Waals surface area contributed by atoms with Crippen LogP contribution in [0.1, 0.15) is 23.3 Å². The zero-order valence-corrected chi connectivity index (χ0v) is 12.4. The monoisotopic (exact) mass is 307 g/mol. The van der Waals surface area contributed by atoms with Crippen molar-refractivity contribution in [3.63, 3.8) is 0 Å². The second kappa shape index (κ2) is 6.53. The minimum atomic E-state index is 0.201. The molecular formula is C14H18ClN5O. The lowest BCUT2D eigenvalue weighted by Gasteiger charge is -2.36. The Hall–Kier alpha value is -1.47. The van der Waals surface area contributed by atoms with E-state index in [0.717, 1.165) is 30.2 Å². The molecule has 0 bridgehead atoms. The van der Waals surface area contributed by atoms with E-state index < -0.39 is 0 Å². The summed E-state index contributed by atoms with van der Waals surface area (Å²) in [4.78, 5) is 6.58. The van der Waals surface area contributed by atoms with Crippen LogP contribution in [0.2, 0.25) is 5.02 Å². The van der Waals surface area contributed by atoms with E-state index in [1.807, 2.05) is 18.2 Å². The lowest BCUT2D eigenvalue weighted by Crippen LogP contribution is -2.45. The molecule has 2 heterocycles. The number of benzene rings is 1. The van der Waals surface area contributed by atoms with Gasteiger partial charge in [-0.2, -0.15) is 4.98 Å². The highest BCUT2D eigenvalue weighted by Crippen LogP contribution is 2.29. The Kier molecular flexibility index (Phi) is 4.50. The van der Waals surface area contributed by atoms with E-state index in [1.165, 1.54) is 0 Å². The minimum absolute atomic E-state index is 0.201. The van der Waals surface area contributed by atoms with Crippen LogP contribution in [0.4, 0.5) is 0 Å². The van der Waals surface area contributed by atoms with E-state index >= 15 is 0 Å². The number of nitrogens with two attached hydrogens (primary N) is 1. The number of nitrogens with one attached hydrogen (secondary N) is 1. The van der Waals surface area contributed by atoms with Gasteiger partial charge in [0, 0.05) is 30.7 Å². The van der Waals surface area contributed by atoms with E-state index in [4.69, 9.17) is 21.9 Å². The van der Waals surface area contributed by atoms with Gasteiger partial charge in [0.25, 0.3) is 0 Å². The fourth-order valence-corrected chi connectivity index (χ4v) is 2.87. The molecule has 0 radical (unpaired) electrons. The molecule has 1 atom stereocenters. The van der Waals surface area contributed by atoms with Crippen molar-refractivity contribution in [3.8, 4) is 0 Å². The summed E-state index contributed by atoms with van der Waals surface area (Å²) in [6.45, 7) is 3.58. The molecule has 7 heteroatoms. The van der Waals surface area contributed by atoms with Crippen LogP contribution in [-0.2, 0) is 13.1 Å². The van der Waals surface area contributed by atoms with Gasteiger partial charge in [0.2, 0.25) is 5.89 Å². The molecule has 3 N–H and O–H groups in total. The zero-order chi connectivity index (χ0) is 14.7. The molecule has 1 aromatic carbocycles. The topological polar surface area (TPSA) is 80.2 Å². The fraction of sp³-hybridized carbons (Fsp3) is 0.429. The van der Waals surface area contributed by atoms with E-state index in [-0.39, 0.29) is 12.6 Å². The van der Waals surface area contributed by atoms with Gasteiger partial charge in [-0.1, -0.05) is 35.0 Å². The Balaban J connectivity index is 1.80. The van der Waals surface area contributed by atoms with Crippen molar-refractivity contribution < 1.29 is 4.52 Å². The minimum Gasteiger partial charge on any atom is -0.338 e. The number of nitrogens with zero attached hydrogens (tertiary/aromatic N) is 3. The van der Waals surface area contributed by atoms with Gasteiger partial charge in [0.1, 0.15) is 0 Å². The Bertz CT molecular complexity index is 603. The van der Waals surface area contributed by atoms with E-state index in [0.29, 0.717) is 18.3 Å². The van der Waals surface area contributed by atoms with Gasteiger partial charge in [-0.3, -0.25) is 4.90 Å². The summed E-state index contributed by atoms with van der Waals surface area (Å²) in [5.74, 6) is 1.13. The van der Waals surface area contributed by atoms with Crippen LogP contribution in [0.5, 0.6) is 0 Å². The lowest BCUT2D eigenvalue weighted by atomic mass is 10.0. The van der Waals surface area contributed by atoms with Crippen molar-refractivity contribution >= 4 is 11.6 Å². The Labute approximate surface area is 128 Å². The highest BCUT2D eigenvalue weighted by molar-refractivity contribution is 6.31. The van der Waals surface area contributed by atoms with E-state index in [1.54, 1.807) is 0 Å². The highest BCUT2D eigenvalue weighted by atomic mass is 35.5. The summed E-state index contributed by atoms with van der Waals surface area (Å²) in [5.41, 5.74) is 6.62. The molecular weight excluding hydrogens is 290 g/mol. The van der Waals surface area contributed by atoms with Gasteiger partial charge < -0.3 is 15.6 Å². The molecule has 112 valence electrons. The summed E-state index contributed by atoms with van der Waals surface area (Å²) < 4.78 is 5.07. The van der Waals surface area contributed by atoms with Crippen molar-refractivity contribution in [2.45, 2.75) is 19.1 Å². The molecule has 1 fully saturated rings. The summed E-state index contributed by atoms with van der Waals surface area (Å²) in [5, 5.41) is 8.16. The second-order valence-corrected chi connectivity index (χ2v) is 5.43. The van der Waals surface area contributed by atoms with Crippen molar-refractivity contribution in [1.29, 1.82) is 0 Å². The molecule has 0 aliphatic carbocycles. The largest absolute Gasteiger partial charge is 0.338 e. The van der Waals surface area contributed by atoms with Gasteiger partial charge in [-0.05, 0) is 11.6 Å². The molecule has 3 rings (SSSR count). The number of piperazine rings is 1. The summed E-state index contributed by atoms with van der Waals surface area (Å²) in [6.07, 6.45) is 0. The first-order valence-corrected chi connectivity index (χ1v) is 7.36. The Morgan fingerprint density at radius 2 is 2.29 bits per heavy atom. The molecule has 0 amide bonds. The smallest absolute Gasteiger partial charge is 0.240 e. The molecule has 0 saturated carbocycles. The Morgan fingerprint density at radius 3 is 3.05 bits per heavy atom. The Morgan fingerprint density at radius 1 is 1.43 bits per heavy atom. The van der Waals surface area contributed by atoms with E-state index in [9.17, 15) is 0 Å². The number of rotatable bonds is 4. The van der Waals surface area contributed by atoms with Crippen molar-refractivity contribution in [1.82, 2.24) is 20.4 Å². The normalized spacial score (nSPS) is 19.8. The first-order valence-electron chi connectivity index (χ1n) is 6.98. The zero-order valence-electron chi connectivity index (χ0n) is 11.6. The standard InChI is InChI=1S/C14H18ClN5O/c15-11-4-2-1-3-10(11)12-8-17-5-6-20(12)9-13-18-14(7-16)21-19-13/h1-4,12,17H,5-9,16H2. The molecule has 21 heavy (non-hydrogen) atoms. The first-order chi connectivity index (χ1) is 10.3. The van der Waals surface area contributed by atoms with Crippen LogP contribution in [0.25, 0.3) is 0 Å². The maximum absolute atomic E-state index is 6.33. The quantitative estimate of drug-likeness (QED) is 0.887. The third-order valence-corrected chi connectivity index (χ3v) is 3.99. The third kappa shape index (κ3) is 3.24. The molecule has 2 aromatic rings. The van der Waals surface area contributed by atoms with Gasteiger partial charge >= 0.3 is 0 Å². The summed E-state index contributed by atoms with van der Waals surface area (Å²) >= 11 is 6.33. The van der Waals surface area contributed by atoms with Crippen LogP contribution in [-0.4, -0.2) is 34.7 Å². The maximum atomic E-state index is 6.33. The van der Waals surface area contributed by atoms with Gasteiger partial charge in [-0.15, -0.1) is 0 Å². The SMILES string of the molecule is NCc1nc(CN2CCNCC2c2ccccc2Cl)no1. The first kappa shape index (κ1) is 14.5. The molecule has 0 spiro atoms. The average molecular weight is 308 g/mol. The predicted molar refractivity (Wildman–Crippen MR) is 79.7 cm³/mol. The highest BCUT2D eigenvalue weighted by Gasteiger charge is 2.26. The molecule has 1 aliphatic heterocycles. The molecule has 6 nitrogen and oxygen atoms in total. The number of halogens is 1. The third-order valence-electron chi connectivity index (χ3n) is 3.65. The van der Waals surface area contributed by atoms with E-state index in [2.05, 4.69) is 26.4 Å². The predicted octanol–water partition coefficient (Wildman–Crippen LogP) is 1.33. The number of aromatic nitrogens is 2. The van der Waals surface area contributed by atoms with Gasteiger partial charge in [0.05, 0.1) is 13.1 Å². The van der Waals surface area contributed by atoms with Gasteiger partial charge in [-0.25, -0.2) is 0 Å². The van der Waals surface area contributed by atoms with Crippen molar-refractivity contribution in [3.05, 3.63) is 46.6 Å². The second-order valence-electron chi connectivity index (χ2n) is 5.02. The van der Waals surface area contributed by atoms with Crippen molar-refractivity contribution in [2.75, 3.05) is 19.6 Å². The van der Waals surface area contributed by atoms with Crippen LogP contribution in [0.15, 0.2) is 28.8 Å². The maximum Gasteiger partial charge on any atom is 0.240 e.